The number of nitrogens with zero attached hydrogens (tertiary/aromatic N) is 1. The van der Waals surface area contributed by atoms with Gasteiger partial charge in [0.1, 0.15) is 7.22 Å². The van der Waals surface area contributed by atoms with Crippen molar-refractivity contribution >= 4 is 30.3 Å². The molecule has 0 unspecified atom stereocenters. The molecule has 0 saturated heterocycles. The lowest BCUT2D eigenvalue weighted by Gasteiger charge is -2.14. The molecule has 0 atom stereocenters. The SMILES string of the molecule is Cc1ccc(N=Cc2ccc(S[Si](C)(C)C)cc2)cc1. The van der Waals surface area contributed by atoms with Crippen LogP contribution in [0.1, 0.15) is 11.1 Å². The Kier molecular flexibility index (Phi) is 4.84. The zero-order valence-corrected chi connectivity index (χ0v) is 14.4. The van der Waals surface area contributed by atoms with Crippen molar-refractivity contribution in [3.8, 4) is 0 Å². The van der Waals surface area contributed by atoms with E-state index < -0.39 is 7.22 Å². The Morgan fingerprint density at radius 2 is 1.50 bits per heavy atom. The molecule has 3 heteroatoms. The summed E-state index contributed by atoms with van der Waals surface area (Å²) < 4.78 is 0. The van der Waals surface area contributed by atoms with Gasteiger partial charge in [-0.15, -0.1) is 0 Å². The Morgan fingerprint density at radius 1 is 0.900 bits per heavy atom. The fourth-order valence-corrected chi connectivity index (χ4v) is 5.26. The van der Waals surface area contributed by atoms with Gasteiger partial charge < -0.3 is 0 Å². The predicted molar refractivity (Wildman–Crippen MR) is 94.1 cm³/mol. The summed E-state index contributed by atoms with van der Waals surface area (Å²) in [6, 6.07) is 16.9. The first-order valence-corrected chi connectivity index (χ1v) is 11.9. The van der Waals surface area contributed by atoms with Gasteiger partial charge in [-0.2, -0.15) is 11.2 Å². The van der Waals surface area contributed by atoms with Crippen LogP contribution in [0.3, 0.4) is 0 Å². The van der Waals surface area contributed by atoms with Gasteiger partial charge in [0.05, 0.1) is 5.69 Å². The van der Waals surface area contributed by atoms with Crippen molar-refractivity contribution in [3.05, 3.63) is 59.7 Å². The van der Waals surface area contributed by atoms with Crippen molar-refractivity contribution in [2.75, 3.05) is 0 Å². The summed E-state index contributed by atoms with van der Waals surface area (Å²) >= 11 is 2.02. The van der Waals surface area contributed by atoms with Gasteiger partial charge in [0.15, 0.2) is 0 Å². The van der Waals surface area contributed by atoms with E-state index in [1.807, 2.05) is 29.6 Å². The maximum absolute atomic E-state index is 4.50. The molecule has 0 bridgehead atoms. The van der Waals surface area contributed by atoms with E-state index in [2.05, 4.69) is 68.0 Å². The maximum atomic E-state index is 4.50. The number of hydrogen-bond acceptors (Lipinski definition) is 2. The molecule has 1 nitrogen and oxygen atoms in total. The lowest BCUT2D eigenvalue weighted by Crippen LogP contribution is -2.13. The molecule has 0 aliphatic carbocycles. The first-order valence-electron chi connectivity index (χ1n) is 6.82. The monoisotopic (exact) mass is 299 g/mol. The molecule has 0 spiro atoms. The lowest BCUT2D eigenvalue weighted by molar-refractivity contribution is 1.43. The number of rotatable bonds is 4. The Morgan fingerprint density at radius 3 is 2.05 bits per heavy atom. The first kappa shape index (κ1) is 15.1. The second kappa shape index (κ2) is 6.42. The highest BCUT2D eigenvalue weighted by atomic mass is 32.4. The summed E-state index contributed by atoms with van der Waals surface area (Å²) in [6.07, 6.45) is 1.92. The van der Waals surface area contributed by atoms with E-state index in [4.69, 9.17) is 0 Å². The topological polar surface area (TPSA) is 12.4 Å². The normalized spacial score (nSPS) is 12.0. The van der Waals surface area contributed by atoms with Crippen LogP contribution >= 0.6 is 11.2 Å². The van der Waals surface area contributed by atoms with E-state index >= 15 is 0 Å². The summed E-state index contributed by atoms with van der Waals surface area (Å²) in [6.45, 7) is 9.18. The minimum atomic E-state index is -1.11. The fraction of sp³-hybridized carbons (Fsp3) is 0.235. The van der Waals surface area contributed by atoms with Crippen LogP contribution in [0.4, 0.5) is 5.69 Å². The van der Waals surface area contributed by atoms with E-state index in [0.717, 1.165) is 11.3 Å². The van der Waals surface area contributed by atoms with Gasteiger partial charge in [-0.3, -0.25) is 4.99 Å². The van der Waals surface area contributed by atoms with Crippen LogP contribution in [0.2, 0.25) is 19.6 Å². The van der Waals surface area contributed by atoms with Crippen molar-refractivity contribution < 1.29 is 0 Å². The van der Waals surface area contributed by atoms with Gasteiger partial charge in [0.25, 0.3) is 0 Å². The summed E-state index contributed by atoms with van der Waals surface area (Å²) in [7, 11) is -1.11. The van der Waals surface area contributed by atoms with Gasteiger partial charge in [0, 0.05) is 11.1 Å². The third-order valence-electron chi connectivity index (χ3n) is 2.70. The molecule has 0 aliphatic heterocycles. The van der Waals surface area contributed by atoms with Crippen LogP contribution in [0.5, 0.6) is 0 Å². The molecule has 0 N–H and O–H groups in total. The van der Waals surface area contributed by atoms with Crippen LogP contribution < -0.4 is 0 Å². The van der Waals surface area contributed by atoms with Crippen molar-refractivity contribution in [1.82, 2.24) is 0 Å². The molecule has 0 aliphatic rings. The number of aliphatic imine (C=N–C) groups is 1. The van der Waals surface area contributed by atoms with Crippen molar-refractivity contribution in [2.45, 2.75) is 31.5 Å². The van der Waals surface area contributed by atoms with Gasteiger partial charge in [-0.05, 0) is 36.8 Å². The molecule has 2 rings (SSSR count). The standard InChI is InChI=1S/C17H21NSSi/c1-14-5-9-16(10-6-14)18-13-15-7-11-17(12-8-15)19-20(2,3)4/h5-13H,1-4H3. The van der Waals surface area contributed by atoms with Crippen LogP contribution in [-0.2, 0) is 0 Å². The lowest BCUT2D eigenvalue weighted by atomic mass is 10.2. The molecule has 0 radical (unpaired) electrons. The Labute approximate surface area is 126 Å². The highest BCUT2D eigenvalue weighted by Gasteiger charge is 2.14. The average molecular weight is 300 g/mol. The maximum Gasteiger partial charge on any atom is 0.114 e. The summed E-state index contributed by atoms with van der Waals surface area (Å²) in [5.74, 6) is 0. The van der Waals surface area contributed by atoms with E-state index in [1.54, 1.807) is 0 Å². The molecule has 0 fully saturated rings. The number of hydrogen-bond donors (Lipinski definition) is 0. The smallest absolute Gasteiger partial charge is 0.114 e. The molecule has 2 aromatic carbocycles. The van der Waals surface area contributed by atoms with E-state index in [1.165, 1.54) is 10.5 Å². The molecule has 0 saturated carbocycles. The second-order valence-corrected chi connectivity index (χ2v) is 15.1. The van der Waals surface area contributed by atoms with Crippen molar-refractivity contribution in [3.63, 3.8) is 0 Å². The molecular weight excluding hydrogens is 278 g/mol. The summed E-state index contributed by atoms with van der Waals surface area (Å²) in [4.78, 5) is 5.86. The summed E-state index contributed by atoms with van der Waals surface area (Å²) in [5.41, 5.74) is 3.40. The van der Waals surface area contributed by atoms with E-state index in [-0.39, 0.29) is 0 Å². The van der Waals surface area contributed by atoms with Crippen molar-refractivity contribution in [2.24, 2.45) is 4.99 Å². The molecule has 0 aromatic heterocycles. The fourth-order valence-electron chi connectivity index (χ4n) is 1.76. The van der Waals surface area contributed by atoms with Crippen LogP contribution in [-0.4, -0.2) is 13.4 Å². The first-order chi connectivity index (χ1) is 9.42. The van der Waals surface area contributed by atoms with Gasteiger partial charge >= 0.3 is 0 Å². The van der Waals surface area contributed by atoms with Gasteiger partial charge in [-0.1, -0.05) is 49.5 Å². The average Bonchev–Trinajstić information content (AvgIpc) is 2.38. The molecule has 104 valence electrons. The van der Waals surface area contributed by atoms with Crippen molar-refractivity contribution in [1.29, 1.82) is 0 Å². The number of aryl methyl sites for hydroxylation is 1. The minimum absolute atomic E-state index is 0.996. The zero-order chi connectivity index (χ0) is 14.6. The largest absolute Gasteiger partial charge is 0.256 e. The highest BCUT2D eigenvalue weighted by Crippen LogP contribution is 2.28. The third-order valence-corrected chi connectivity index (χ3v) is 6.37. The van der Waals surface area contributed by atoms with E-state index in [9.17, 15) is 0 Å². The highest BCUT2D eigenvalue weighted by molar-refractivity contribution is 8.28. The molecule has 20 heavy (non-hydrogen) atoms. The Balaban J connectivity index is 2.05. The third kappa shape index (κ3) is 4.98. The molecule has 0 amide bonds. The van der Waals surface area contributed by atoms with Crippen LogP contribution in [0, 0.1) is 6.92 Å². The molecule has 2 aromatic rings. The minimum Gasteiger partial charge on any atom is -0.256 e. The molecular formula is C17H21NSSi. The quantitative estimate of drug-likeness (QED) is 0.523. The second-order valence-electron chi connectivity index (χ2n) is 5.88. The predicted octanol–water partition coefficient (Wildman–Crippen LogP) is 5.67. The van der Waals surface area contributed by atoms with Crippen LogP contribution in [0.25, 0.3) is 0 Å². The Hall–Kier alpha value is -1.32. The van der Waals surface area contributed by atoms with Gasteiger partial charge in [-0.25, -0.2) is 0 Å². The van der Waals surface area contributed by atoms with Crippen LogP contribution in [0.15, 0.2) is 58.4 Å². The summed E-state index contributed by atoms with van der Waals surface area (Å²) in [5, 5.41) is 0. The van der Waals surface area contributed by atoms with Gasteiger partial charge in [0.2, 0.25) is 0 Å². The van der Waals surface area contributed by atoms with E-state index in [0.29, 0.717) is 0 Å². The Bertz CT molecular complexity index is 580. The zero-order valence-electron chi connectivity index (χ0n) is 12.6. The molecule has 0 heterocycles. The number of benzene rings is 2.